The smallest absolute Gasteiger partial charge is 0.372 e. The highest BCUT2D eigenvalue weighted by Gasteiger charge is 2.25. The highest BCUT2D eigenvalue weighted by Crippen LogP contribution is 2.25. The van der Waals surface area contributed by atoms with E-state index in [2.05, 4.69) is 4.98 Å². The van der Waals surface area contributed by atoms with Crippen LogP contribution < -0.4 is 0 Å². The predicted molar refractivity (Wildman–Crippen MR) is 77.1 cm³/mol. The summed E-state index contributed by atoms with van der Waals surface area (Å²) < 4.78 is 11.7. The second-order valence-electron chi connectivity index (χ2n) is 5.29. The molecule has 0 amide bonds. The number of rotatable bonds is 4. The molecule has 1 aromatic heterocycles. The van der Waals surface area contributed by atoms with Gasteiger partial charge in [0.1, 0.15) is 0 Å². The normalized spacial score (nSPS) is 17.3. The van der Waals surface area contributed by atoms with Gasteiger partial charge in [-0.1, -0.05) is 0 Å². The number of esters is 1. The third-order valence-electron chi connectivity index (χ3n) is 3.84. The number of methoxy groups -OCH3 is 1. The Balaban J connectivity index is 2.18. The molecule has 0 aliphatic carbocycles. The van der Waals surface area contributed by atoms with Gasteiger partial charge in [0.15, 0.2) is 0 Å². The minimum absolute atomic E-state index is 0.0161. The summed E-state index contributed by atoms with van der Waals surface area (Å²) in [4.78, 5) is 27.4. The summed E-state index contributed by atoms with van der Waals surface area (Å²) >= 11 is 0. The van der Waals surface area contributed by atoms with Crippen molar-refractivity contribution in [3.05, 3.63) is 29.1 Å². The number of ether oxygens (including phenoxy) is 2. The lowest BCUT2D eigenvalue weighted by Gasteiger charge is -2.27. The Morgan fingerprint density at radius 2 is 2.23 bits per heavy atom. The Bertz CT molecular complexity index is 761. The molecule has 1 aliphatic heterocycles. The van der Waals surface area contributed by atoms with Crippen molar-refractivity contribution in [3.63, 3.8) is 0 Å². The zero-order chi connectivity index (χ0) is 15.9. The molecule has 116 valence electrons. The number of carbonyl (C=O) groups is 2. The van der Waals surface area contributed by atoms with Crippen LogP contribution in [-0.2, 0) is 16.0 Å². The summed E-state index contributed by atoms with van der Waals surface area (Å²) in [6.45, 7) is 2.88. The molecule has 2 heterocycles. The first-order valence-corrected chi connectivity index (χ1v) is 6.95. The molecule has 22 heavy (non-hydrogen) atoms. The highest BCUT2D eigenvalue weighted by molar-refractivity contribution is 5.97. The van der Waals surface area contributed by atoms with Crippen molar-refractivity contribution in [2.75, 3.05) is 13.7 Å². The first-order chi connectivity index (χ1) is 10.5. The van der Waals surface area contributed by atoms with Gasteiger partial charge in [0.05, 0.1) is 36.4 Å². The minimum Gasteiger partial charge on any atom is -0.475 e. The molecule has 1 fully saturated rings. The zero-order valence-corrected chi connectivity index (χ0v) is 12.3. The van der Waals surface area contributed by atoms with E-state index in [4.69, 9.17) is 9.47 Å². The van der Waals surface area contributed by atoms with E-state index in [9.17, 15) is 14.7 Å². The number of hydrogen-bond acceptors (Lipinski definition) is 5. The van der Waals surface area contributed by atoms with Crippen molar-refractivity contribution in [2.24, 2.45) is 0 Å². The van der Waals surface area contributed by atoms with Crippen LogP contribution in [0.1, 0.15) is 33.0 Å². The number of nitrogens with zero attached hydrogens (tertiary/aromatic N) is 2. The number of benzene rings is 1. The maximum absolute atomic E-state index is 11.8. The van der Waals surface area contributed by atoms with Gasteiger partial charge >= 0.3 is 11.9 Å². The van der Waals surface area contributed by atoms with Crippen molar-refractivity contribution in [1.29, 1.82) is 0 Å². The van der Waals surface area contributed by atoms with Gasteiger partial charge in [-0.15, -0.1) is 0 Å². The zero-order valence-electron chi connectivity index (χ0n) is 12.3. The van der Waals surface area contributed by atoms with E-state index in [0.29, 0.717) is 29.7 Å². The Morgan fingerprint density at radius 1 is 1.50 bits per heavy atom. The molecule has 7 heteroatoms. The Morgan fingerprint density at radius 3 is 2.77 bits per heavy atom. The fourth-order valence-corrected chi connectivity index (χ4v) is 2.61. The maximum atomic E-state index is 11.8. The molecular weight excluding hydrogens is 288 g/mol. The van der Waals surface area contributed by atoms with Gasteiger partial charge < -0.3 is 19.1 Å². The van der Waals surface area contributed by atoms with Crippen molar-refractivity contribution < 1.29 is 24.2 Å². The van der Waals surface area contributed by atoms with Gasteiger partial charge in [-0.05, 0) is 31.0 Å². The van der Waals surface area contributed by atoms with E-state index in [1.165, 1.54) is 7.11 Å². The van der Waals surface area contributed by atoms with Crippen molar-refractivity contribution in [1.82, 2.24) is 9.55 Å². The summed E-state index contributed by atoms with van der Waals surface area (Å²) in [5.74, 6) is -1.61. The SMILES string of the molecule is COC(=O)c1cc(C)c2nc(C(=O)O)n(CC3CCO3)c2c1. The van der Waals surface area contributed by atoms with Crippen LogP contribution in [0.25, 0.3) is 11.0 Å². The molecule has 2 aromatic rings. The van der Waals surface area contributed by atoms with Gasteiger partial charge in [0, 0.05) is 6.61 Å². The summed E-state index contributed by atoms with van der Waals surface area (Å²) in [6, 6.07) is 3.27. The van der Waals surface area contributed by atoms with Gasteiger partial charge in [-0.25, -0.2) is 14.6 Å². The van der Waals surface area contributed by atoms with Crippen LogP contribution in [0.15, 0.2) is 12.1 Å². The van der Waals surface area contributed by atoms with E-state index < -0.39 is 11.9 Å². The van der Waals surface area contributed by atoms with Gasteiger partial charge in [0.25, 0.3) is 0 Å². The third-order valence-corrected chi connectivity index (χ3v) is 3.84. The summed E-state index contributed by atoms with van der Waals surface area (Å²) in [6.07, 6.45) is 0.867. The largest absolute Gasteiger partial charge is 0.475 e. The highest BCUT2D eigenvalue weighted by atomic mass is 16.5. The molecule has 1 aliphatic rings. The number of aromatic nitrogens is 2. The Kier molecular flexibility index (Phi) is 3.58. The van der Waals surface area contributed by atoms with E-state index in [0.717, 1.165) is 12.0 Å². The van der Waals surface area contributed by atoms with Crippen LogP contribution in [-0.4, -0.2) is 46.4 Å². The molecule has 0 bridgehead atoms. The molecule has 1 unspecified atom stereocenters. The molecule has 7 nitrogen and oxygen atoms in total. The van der Waals surface area contributed by atoms with Crippen molar-refractivity contribution in [3.8, 4) is 0 Å². The van der Waals surface area contributed by atoms with Gasteiger partial charge in [-0.2, -0.15) is 0 Å². The predicted octanol–water partition coefficient (Wildman–Crippen LogP) is 1.62. The number of aryl methyl sites for hydroxylation is 1. The van der Waals surface area contributed by atoms with Crippen LogP contribution in [0.4, 0.5) is 0 Å². The van der Waals surface area contributed by atoms with E-state index >= 15 is 0 Å². The lowest BCUT2D eigenvalue weighted by Crippen LogP contribution is -2.32. The van der Waals surface area contributed by atoms with E-state index in [1.54, 1.807) is 23.6 Å². The molecule has 1 aromatic carbocycles. The Hall–Kier alpha value is -2.41. The topological polar surface area (TPSA) is 90.6 Å². The van der Waals surface area contributed by atoms with E-state index in [-0.39, 0.29) is 11.9 Å². The summed E-state index contributed by atoms with van der Waals surface area (Å²) in [7, 11) is 1.31. The fraction of sp³-hybridized carbons (Fsp3) is 0.400. The molecule has 3 rings (SSSR count). The van der Waals surface area contributed by atoms with Gasteiger partial charge in [-0.3, -0.25) is 0 Å². The number of aromatic carboxylic acids is 1. The molecule has 1 N–H and O–H groups in total. The van der Waals surface area contributed by atoms with Crippen LogP contribution >= 0.6 is 0 Å². The van der Waals surface area contributed by atoms with Gasteiger partial charge in [0.2, 0.25) is 5.82 Å². The molecule has 1 saturated heterocycles. The van der Waals surface area contributed by atoms with Crippen LogP contribution in [0, 0.1) is 6.92 Å². The average molecular weight is 304 g/mol. The standard InChI is InChI=1S/C15H16N2O5/c1-8-5-9(15(20)21-2)6-11-12(8)16-13(14(18)19)17(11)7-10-3-4-22-10/h5-6,10H,3-4,7H2,1-2H3,(H,18,19). The monoisotopic (exact) mass is 304 g/mol. The fourth-order valence-electron chi connectivity index (χ4n) is 2.61. The number of carbonyl (C=O) groups excluding carboxylic acids is 1. The average Bonchev–Trinajstić information content (AvgIpc) is 2.81. The summed E-state index contributed by atoms with van der Waals surface area (Å²) in [5, 5.41) is 9.37. The number of carboxylic acids is 1. The lowest BCUT2D eigenvalue weighted by atomic mass is 10.1. The molecule has 0 radical (unpaired) electrons. The lowest BCUT2D eigenvalue weighted by molar-refractivity contribution is -0.0589. The van der Waals surface area contributed by atoms with Crippen LogP contribution in [0.2, 0.25) is 0 Å². The number of hydrogen-bond donors (Lipinski definition) is 1. The third kappa shape index (κ3) is 2.33. The Labute approximate surface area is 126 Å². The maximum Gasteiger partial charge on any atom is 0.372 e. The second-order valence-corrected chi connectivity index (χ2v) is 5.29. The number of imidazole rings is 1. The first-order valence-electron chi connectivity index (χ1n) is 6.95. The van der Waals surface area contributed by atoms with Crippen LogP contribution in [0.5, 0.6) is 0 Å². The molecular formula is C15H16N2O5. The van der Waals surface area contributed by atoms with Crippen molar-refractivity contribution in [2.45, 2.75) is 26.0 Å². The van der Waals surface area contributed by atoms with Crippen molar-refractivity contribution >= 4 is 23.0 Å². The number of fused-ring (bicyclic) bond motifs is 1. The minimum atomic E-state index is -1.10. The molecule has 0 saturated carbocycles. The quantitative estimate of drug-likeness (QED) is 0.863. The van der Waals surface area contributed by atoms with Crippen LogP contribution in [0.3, 0.4) is 0 Å². The second kappa shape index (κ2) is 5.42. The molecule has 0 spiro atoms. The number of carboxylic acid groups (broad SMARTS) is 1. The first kappa shape index (κ1) is 14.5. The van der Waals surface area contributed by atoms with E-state index in [1.807, 2.05) is 0 Å². The molecule has 1 atom stereocenters. The summed E-state index contributed by atoms with van der Waals surface area (Å²) in [5.41, 5.74) is 2.28.